The van der Waals surface area contributed by atoms with E-state index in [1.165, 1.54) is 0 Å². The molecule has 0 aromatic rings. The molecule has 0 radical (unpaired) electrons. The van der Waals surface area contributed by atoms with Crippen LogP contribution in [-0.4, -0.2) is 27.9 Å². The minimum Gasteiger partial charge on any atom is -0.302 e. The van der Waals surface area contributed by atoms with E-state index < -0.39 is 5.41 Å². The minimum atomic E-state index is -0.975. The van der Waals surface area contributed by atoms with Gasteiger partial charge in [-0.1, -0.05) is 20.8 Å². The molecule has 2 N–H and O–H groups in total. The molecule has 0 saturated carbocycles. The van der Waals surface area contributed by atoms with E-state index in [0.717, 1.165) is 0 Å². The largest absolute Gasteiger partial charge is 0.302 e. The predicted octanol–water partition coefficient (Wildman–Crippen LogP) is 1.06. The molecular formula is C10H16N2O2S2. The molecule has 0 spiro atoms. The summed E-state index contributed by atoms with van der Waals surface area (Å²) in [4.78, 5) is 23.8. The topological polar surface area (TPSA) is 58.2 Å². The first kappa shape index (κ1) is 13.4. The predicted molar refractivity (Wildman–Crippen MR) is 69.2 cm³/mol. The highest BCUT2D eigenvalue weighted by atomic mass is 32.2. The summed E-state index contributed by atoms with van der Waals surface area (Å²) in [6, 6.07) is 0. The van der Waals surface area contributed by atoms with E-state index in [4.69, 9.17) is 12.2 Å². The molecule has 0 aromatic heterocycles. The molecule has 1 fully saturated rings. The van der Waals surface area contributed by atoms with Gasteiger partial charge in [0.2, 0.25) is 11.8 Å². The van der Waals surface area contributed by atoms with Gasteiger partial charge >= 0.3 is 0 Å². The molecule has 0 unspecified atom stereocenters. The van der Waals surface area contributed by atoms with Gasteiger partial charge in [-0.25, -0.2) is 0 Å². The van der Waals surface area contributed by atoms with Crippen molar-refractivity contribution >= 4 is 40.9 Å². The van der Waals surface area contributed by atoms with Crippen LogP contribution < -0.4 is 10.6 Å². The number of hydrogen-bond donors (Lipinski definition) is 2. The van der Waals surface area contributed by atoms with Crippen LogP contribution in [0.2, 0.25) is 0 Å². The van der Waals surface area contributed by atoms with Crippen molar-refractivity contribution in [3.05, 3.63) is 0 Å². The maximum Gasteiger partial charge on any atom is 0.242 e. The van der Waals surface area contributed by atoms with E-state index >= 15 is 0 Å². The van der Waals surface area contributed by atoms with Gasteiger partial charge in [-0.3, -0.25) is 9.59 Å². The monoisotopic (exact) mass is 260 g/mol. The van der Waals surface area contributed by atoms with E-state index in [0.29, 0.717) is 17.4 Å². The summed E-state index contributed by atoms with van der Waals surface area (Å²) in [5.74, 6) is -0.0737. The van der Waals surface area contributed by atoms with Crippen LogP contribution in [0.15, 0.2) is 0 Å². The molecular weight excluding hydrogens is 244 g/mol. The van der Waals surface area contributed by atoms with Crippen LogP contribution in [0.5, 0.6) is 0 Å². The van der Waals surface area contributed by atoms with E-state index in [2.05, 4.69) is 10.6 Å². The zero-order valence-electron chi connectivity index (χ0n) is 9.62. The average molecular weight is 260 g/mol. The lowest BCUT2D eigenvalue weighted by molar-refractivity contribution is -0.142. The molecule has 16 heavy (non-hydrogen) atoms. The van der Waals surface area contributed by atoms with Gasteiger partial charge in [0.25, 0.3) is 0 Å². The highest BCUT2D eigenvalue weighted by Crippen LogP contribution is 2.31. The highest BCUT2D eigenvalue weighted by molar-refractivity contribution is 7.99. The molecule has 0 aromatic carbocycles. The van der Waals surface area contributed by atoms with Crippen molar-refractivity contribution in [1.29, 1.82) is 0 Å². The van der Waals surface area contributed by atoms with Crippen molar-refractivity contribution in [1.82, 2.24) is 10.6 Å². The van der Waals surface area contributed by atoms with Gasteiger partial charge in [0.05, 0.1) is 0 Å². The molecule has 1 saturated heterocycles. The fourth-order valence-electron chi connectivity index (χ4n) is 1.44. The van der Waals surface area contributed by atoms with Crippen LogP contribution in [0.1, 0.15) is 27.2 Å². The number of carbonyl (C=O) groups is 2. The molecule has 0 atom stereocenters. The molecule has 1 aliphatic rings. The summed E-state index contributed by atoms with van der Waals surface area (Å²) in [6.45, 7) is 5.92. The van der Waals surface area contributed by atoms with Gasteiger partial charge in [-0.15, -0.1) is 0 Å². The third kappa shape index (κ3) is 2.55. The lowest BCUT2D eigenvalue weighted by Gasteiger charge is -2.34. The quantitative estimate of drug-likeness (QED) is 0.586. The van der Waals surface area contributed by atoms with Crippen molar-refractivity contribution < 1.29 is 9.59 Å². The van der Waals surface area contributed by atoms with Gasteiger partial charge in [-0.05, 0) is 23.9 Å². The Hall–Kier alpha value is -0.620. The number of amides is 2. The smallest absolute Gasteiger partial charge is 0.242 e. The minimum absolute atomic E-state index is 0.105. The van der Waals surface area contributed by atoms with Crippen molar-refractivity contribution in [2.24, 2.45) is 5.41 Å². The Kier molecular flexibility index (Phi) is 4.32. The van der Waals surface area contributed by atoms with E-state index in [1.807, 2.05) is 20.8 Å². The maximum absolute atomic E-state index is 11.9. The summed E-state index contributed by atoms with van der Waals surface area (Å²) in [7, 11) is 0. The van der Waals surface area contributed by atoms with Crippen LogP contribution in [0, 0.1) is 5.41 Å². The van der Waals surface area contributed by atoms with Crippen molar-refractivity contribution in [3.8, 4) is 0 Å². The van der Waals surface area contributed by atoms with Gasteiger partial charge in [0.1, 0.15) is 5.41 Å². The number of thiocarbonyl (C=S) groups is 1. The van der Waals surface area contributed by atoms with Crippen LogP contribution in [0.3, 0.4) is 0 Å². The first-order chi connectivity index (χ1) is 7.42. The standard InChI is InChI=1S/C10H16N2O2S2/c1-4-10(5-16-6(2)3)7(13)11-9(15)12-8(10)14/h6H,4-5H2,1-3H3,(H2,11,12,13,14,15). The molecule has 1 heterocycles. The highest BCUT2D eigenvalue weighted by Gasteiger charge is 2.47. The zero-order valence-corrected chi connectivity index (χ0v) is 11.3. The second kappa shape index (κ2) is 5.14. The lowest BCUT2D eigenvalue weighted by Crippen LogP contribution is -2.63. The molecule has 6 heteroatoms. The van der Waals surface area contributed by atoms with Crippen molar-refractivity contribution in [2.75, 3.05) is 5.75 Å². The average Bonchev–Trinajstić information content (AvgIpc) is 2.17. The van der Waals surface area contributed by atoms with E-state index in [9.17, 15) is 9.59 Å². The second-order valence-corrected chi connectivity index (χ2v) is 6.01. The Labute approximate surface area is 105 Å². The molecule has 0 bridgehead atoms. The fourth-order valence-corrected chi connectivity index (χ4v) is 2.71. The van der Waals surface area contributed by atoms with Crippen LogP contribution >= 0.6 is 24.0 Å². The van der Waals surface area contributed by atoms with Crippen LogP contribution in [0.25, 0.3) is 0 Å². The van der Waals surface area contributed by atoms with Crippen LogP contribution in [-0.2, 0) is 9.59 Å². The molecule has 90 valence electrons. The summed E-state index contributed by atoms with van der Waals surface area (Å²) in [5, 5.41) is 5.54. The van der Waals surface area contributed by atoms with Gasteiger partial charge in [0.15, 0.2) is 5.11 Å². The summed E-state index contributed by atoms with van der Waals surface area (Å²) >= 11 is 6.38. The third-order valence-electron chi connectivity index (χ3n) is 2.59. The summed E-state index contributed by atoms with van der Waals surface area (Å²) < 4.78 is 0. The van der Waals surface area contributed by atoms with E-state index in [1.54, 1.807) is 11.8 Å². The first-order valence-electron chi connectivity index (χ1n) is 5.21. The third-order valence-corrected chi connectivity index (χ3v) is 4.12. The molecule has 0 aliphatic carbocycles. The Balaban J connectivity index is 2.87. The second-order valence-electron chi connectivity index (χ2n) is 4.03. The summed E-state index contributed by atoms with van der Waals surface area (Å²) in [5.41, 5.74) is -0.975. The Morgan fingerprint density at radius 3 is 2.19 bits per heavy atom. The van der Waals surface area contributed by atoms with Gasteiger partial charge in [-0.2, -0.15) is 11.8 Å². The van der Waals surface area contributed by atoms with E-state index in [-0.39, 0.29) is 16.9 Å². The number of thioether (sulfide) groups is 1. The number of carbonyl (C=O) groups excluding carboxylic acids is 2. The Morgan fingerprint density at radius 1 is 1.31 bits per heavy atom. The fraction of sp³-hybridized carbons (Fsp3) is 0.700. The Morgan fingerprint density at radius 2 is 1.81 bits per heavy atom. The normalized spacial score (nSPS) is 19.6. The van der Waals surface area contributed by atoms with Gasteiger partial charge in [0, 0.05) is 5.75 Å². The first-order valence-corrected chi connectivity index (χ1v) is 6.66. The SMILES string of the molecule is CCC1(CSC(C)C)C(=O)NC(=S)NC1=O. The lowest BCUT2D eigenvalue weighted by atomic mass is 9.84. The summed E-state index contributed by atoms with van der Waals surface area (Å²) in [6.07, 6.45) is 0.479. The van der Waals surface area contributed by atoms with Crippen molar-refractivity contribution in [3.63, 3.8) is 0 Å². The maximum atomic E-state index is 11.9. The number of nitrogens with one attached hydrogen (secondary N) is 2. The van der Waals surface area contributed by atoms with Gasteiger partial charge < -0.3 is 10.6 Å². The molecule has 2 amide bonds. The molecule has 4 nitrogen and oxygen atoms in total. The Bertz CT molecular complexity index is 309. The van der Waals surface area contributed by atoms with Crippen molar-refractivity contribution in [2.45, 2.75) is 32.4 Å². The zero-order chi connectivity index (χ0) is 12.3. The molecule has 1 aliphatic heterocycles. The van der Waals surface area contributed by atoms with Crippen LogP contribution in [0.4, 0.5) is 0 Å². The number of hydrogen-bond acceptors (Lipinski definition) is 4. The molecule has 1 rings (SSSR count). The number of rotatable bonds is 4.